The number of amides is 1. The highest BCUT2D eigenvalue weighted by molar-refractivity contribution is 5.68. The number of nitrogens with zero attached hydrogens (tertiary/aromatic N) is 1. The molecule has 0 unspecified atom stereocenters. The van der Waals surface area contributed by atoms with Crippen LogP contribution in [-0.2, 0) is 11.3 Å². The maximum Gasteiger partial charge on any atom is 0.407 e. The molecule has 3 atom stereocenters. The van der Waals surface area contributed by atoms with E-state index in [9.17, 15) is 4.79 Å². The minimum Gasteiger partial charge on any atom is -0.444 e. The van der Waals surface area contributed by atoms with E-state index in [2.05, 4.69) is 48.3 Å². The Hall–Kier alpha value is -1.55. The van der Waals surface area contributed by atoms with Gasteiger partial charge in [0.25, 0.3) is 0 Å². The van der Waals surface area contributed by atoms with Crippen LogP contribution in [0.25, 0.3) is 0 Å². The van der Waals surface area contributed by atoms with Gasteiger partial charge >= 0.3 is 6.09 Å². The topological polar surface area (TPSA) is 41.6 Å². The van der Waals surface area contributed by atoms with Gasteiger partial charge < -0.3 is 10.1 Å². The fourth-order valence-corrected chi connectivity index (χ4v) is 3.20. The van der Waals surface area contributed by atoms with Gasteiger partial charge in [0.2, 0.25) is 0 Å². The van der Waals surface area contributed by atoms with Crippen LogP contribution < -0.4 is 5.32 Å². The molecule has 128 valence electrons. The van der Waals surface area contributed by atoms with Gasteiger partial charge in [-0.05, 0) is 52.1 Å². The fraction of sp³-hybridized carbons (Fsp3) is 0.632. The van der Waals surface area contributed by atoms with Crippen molar-refractivity contribution in [3.05, 3.63) is 35.9 Å². The summed E-state index contributed by atoms with van der Waals surface area (Å²) in [6.07, 6.45) is 0.764. The molecule has 23 heavy (non-hydrogen) atoms. The van der Waals surface area contributed by atoms with E-state index in [4.69, 9.17) is 4.74 Å². The van der Waals surface area contributed by atoms with Crippen molar-refractivity contribution in [2.45, 2.75) is 65.3 Å². The lowest BCUT2D eigenvalue weighted by atomic mass is 9.87. The first-order valence-corrected chi connectivity index (χ1v) is 8.54. The largest absolute Gasteiger partial charge is 0.444 e. The predicted molar refractivity (Wildman–Crippen MR) is 93.3 cm³/mol. The lowest BCUT2D eigenvalue weighted by Crippen LogP contribution is -2.57. The van der Waals surface area contributed by atoms with Crippen molar-refractivity contribution in [3.63, 3.8) is 0 Å². The third-order valence-corrected chi connectivity index (χ3v) is 4.49. The number of rotatable bonds is 3. The quantitative estimate of drug-likeness (QED) is 0.921. The number of hydrogen-bond donors (Lipinski definition) is 1. The molecule has 1 heterocycles. The molecule has 1 aromatic rings. The zero-order valence-corrected chi connectivity index (χ0v) is 15.0. The van der Waals surface area contributed by atoms with Crippen molar-refractivity contribution in [3.8, 4) is 0 Å². The molecular formula is C19H30N2O2. The third kappa shape index (κ3) is 5.24. The van der Waals surface area contributed by atoms with Crippen molar-refractivity contribution >= 4 is 6.09 Å². The molecule has 4 heteroatoms. The molecule has 1 fully saturated rings. The SMILES string of the molecule is C[C@@H]1CCN(Cc2ccccc2)[C@H](C)[C@@H]1NC(=O)OC(C)(C)C. The van der Waals surface area contributed by atoms with Crippen molar-refractivity contribution in [1.29, 1.82) is 0 Å². The summed E-state index contributed by atoms with van der Waals surface area (Å²) in [5.41, 5.74) is 0.847. The Balaban J connectivity index is 1.99. The van der Waals surface area contributed by atoms with Crippen molar-refractivity contribution in [1.82, 2.24) is 10.2 Å². The van der Waals surface area contributed by atoms with Gasteiger partial charge in [0.1, 0.15) is 5.60 Å². The maximum absolute atomic E-state index is 12.1. The number of ether oxygens (including phenoxy) is 1. The van der Waals surface area contributed by atoms with Crippen LogP contribution in [-0.4, -0.2) is 35.2 Å². The Morgan fingerprint density at radius 1 is 1.26 bits per heavy atom. The summed E-state index contributed by atoms with van der Waals surface area (Å²) in [7, 11) is 0. The minimum atomic E-state index is -0.463. The minimum absolute atomic E-state index is 0.113. The predicted octanol–water partition coefficient (Wildman–Crippen LogP) is 3.81. The van der Waals surface area contributed by atoms with Gasteiger partial charge in [0, 0.05) is 12.6 Å². The fourth-order valence-electron chi connectivity index (χ4n) is 3.20. The van der Waals surface area contributed by atoms with E-state index in [0.29, 0.717) is 5.92 Å². The maximum atomic E-state index is 12.1. The van der Waals surface area contributed by atoms with Gasteiger partial charge in [-0.25, -0.2) is 4.79 Å². The lowest BCUT2D eigenvalue weighted by Gasteiger charge is -2.43. The van der Waals surface area contributed by atoms with Crippen LogP contribution in [0.1, 0.15) is 46.6 Å². The first-order valence-electron chi connectivity index (χ1n) is 8.54. The van der Waals surface area contributed by atoms with E-state index in [0.717, 1.165) is 19.5 Å². The molecule has 0 aliphatic carbocycles. The molecule has 0 radical (unpaired) electrons. The first kappa shape index (κ1) is 17.8. The molecule has 1 aliphatic heterocycles. The number of nitrogens with one attached hydrogen (secondary N) is 1. The van der Waals surface area contributed by atoms with Gasteiger partial charge in [-0.2, -0.15) is 0 Å². The summed E-state index contributed by atoms with van der Waals surface area (Å²) >= 11 is 0. The summed E-state index contributed by atoms with van der Waals surface area (Å²) in [6.45, 7) is 12.1. The van der Waals surface area contributed by atoms with Crippen LogP contribution in [0.15, 0.2) is 30.3 Å². The van der Waals surface area contributed by atoms with Crippen LogP contribution in [0, 0.1) is 5.92 Å². The van der Waals surface area contributed by atoms with Gasteiger partial charge in [0.15, 0.2) is 0 Å². The van der Waals surface area contributed by atoms with Crippen LogP contribution in [0.2, 0.25) is 0 Å². The number of hydrogen-bond acceptors (Lipinski definition) is 3. The summed E-state index contributed by atoms with van der Waals surface area (Å²) in [4.78, 5) is 14.6. The third-order valence-electron chi connectivity index (χ3n) is 4.49. The standard InChI is InChI=1S/C19H30N2O2/c1-14-11-12-21(13-16-9-7-6-8-10-16)15(2)17(14)20-18(22)23-19(3,4)5/h6-10,14-15,17H,11-13H2,1-5H3,(H,20,22)/t14-,15-,17-/m1/s1. The average molecular weight is 318 g/mol. The number of carbonyl (C=O) groups is 1. The van der Waals surface area contributed by atoms with Crippen LogP contribution in [0.4, 0.5) is 4.79 Å². The second kappa shape index (κ2) is 7.35. The highest BCUT2D eigenvalue weighted by atomic mass is 16.6. The van der Waals surface area contributed by atoms with Gasteiger partial charge in [-0.1, -0.05) is 37.3 Å². The van der Waals surface area contributed by atoms with Gasteiger partial charge in [0.05, 0.1) is 6.04 Å². The first-order chi connectivity index (χ1) is 10.8. The normalized spacial score (nSPS) is 25.9. The Morgan fingerprint density at radius 2 is 1.91 bits per heavy atom. The van der Waals surface area contributed by atoms with Gasteiger partial charge in [-0.15, -0.1) is 0 Å². The number of carbonyl (C=O) groups excluding carboxylic acids is 1. The molecule has 0 saturated carbocycles. The molecular weight excluding hydrogens is 288 g/mol. The van der Waals surface area contributed by atoms with Crippen molar-refractivity contribution < 1.29 is 9.53 Å². The highest BCUT2D eigenvalue weighted by Gasteiger charge is 2.34. The second-order valence-electron chi connectivity index (χ2n) is 7.63. The lowest BCUT2D eigenvalue weighted by molar-refractivity contribution is 0.0337. The summed E-state index contributed by atoms with van der Waals surface area (Å²) in [6, 6.07) is 10.9. The molecule has 0 bridgehead atoms. The Kier molecular flexibility index (Phi) is 5.69. The van der Waals surface area contributed by atoms with E-state index in [1.165, 1.54) is 5.56 Å². The summed E-state index contributed by atoms with van der Waals surface area (Å²) < 4.78 is 5.42. The van der Waals surface area contributed by atoms with Crippen molar-refractivity contribution in [2.75, 3.05) is 6.54 Å². The van der Waals surface area contributed by atoms with E-state index in [1.54, 1.807) is 0 Å². The molecule has 1 saturated heterocycles. The zero-order chi connectivity index (χ0) is 17.0. The number of alkyl carbamates (subject to hydrolysis) is 1. The van der Waals surface area contributed by atoms with E-state index in [1.807, 2.05) is 26.8 Å². The highest BCUT2D eigenvalue weighted by Crippen LogP contribution is 2.25. The molecule has 1 aliphatic rings. The van der Waals surface area contributed by atoms with Crippen LogP contribution in [0.5, 0.6) is 0 Å². The van der Waals surface area contributed by atoms with E-state index < -0.39 is 5.60 Å². The number of piperidine rings is 1. The molecule has 1 amide bonds. The molecule has 0 aromatic heterocycles. The van der Waals surface area contributed by atoms with Gasteiger partial charge in [-0.3, -0.25) is 4.90 Å². The number of likely N-dealkylation sites (tertiary alicyclic amines) is 1. The summed E-state index contributed by atoms with van der Waals surface area (Å²) in [5, 5.41) is 3.09. The zero-order valence-electron chi connectivity index (χ0n) is 15.0. The van der Waals surface area contributed by atoms with E-state index >= 15 is 0 Å². The Morgan fingerprint density at radius 3 is 2.52 bits per heavy atom. The monoisotopic (exact) mass is 318 g/mol. The Labute approximate surface area is 140 Å². The smallest absolute Gasteiger partial charge is 0.407 e. The summed E-state index contributed by atoms with van der Waals surface area (Å²) in [5.74, 6) is 0.449. The molecule has 2 rings (SSSR count). The second-order valence-corrected chi connectivity index (χ2v) is 7.63. The van der Waals surface area contributed by atoms with Crippen molar-refractivity contribution in [2.24, 2.45) is 5.92 Å². The Bertz CT molecular complexity index is 510. The molecule has 1 N–H and O–H groups in total. The van der Waals surface area contributed by atoms with Crippen LogP contribution in [0.3, 0.4) is 0 Å². The number of benzene rings is 1. The molecule has 4 nitrogen and oxygen atoms in total. The van der Waals surface area contributed by atoms with E-state index in [-0.39, 0.29) is 18.2 Å². The average Bonchev–Trinajstić information content (AvgIpc) is 2.46. The molecule has 1 aromatic carbocycles. The van der Waals surface area contributed by atoms with Crippen LogP contribution >= 0.6 is 0 Å². The molecule has 0 spiro atoms.